The van der Waals surface area contributed by atoms with E-state index < -0.39 is 11.9 Å². The van der Waals surface area contributed by atoms with Gasteiger partial charge in [0.15, 0.2) is 6.61 Å². The SMILES string of the molecule is Cc1cccc(OCC(=O)N2CC(Oc3cccc(C(F)(F)F)n3)C2)c1. The van der Waals surface area contributed by atoms with Crippen molar-refractivity contribution in [1.82, 2.24) is 9.88 Å². The average Bonchev–Trinajstić information content (AvgIpc) is 2.55. The van der Waals surface area contributed by atoms with Crippen molar-refractivity contribution < 1.29 is 27.4 Å². The van der Waals surface area contributed by atoms with Gasteiger partial charge in [-0.15, -0.1) is 0 Å². The van der Waals surface area contributed by atoms with Crippen molar-refractivity contribution in [2.24, 2.45) is 0 Å². The van der Waals surface area contributed by atoms with E-state index in [9.17, 15) is 18.0 Å². The van der Waals surface area contributed by atoms with E-state index in [1.165, 1.54) is 17.0 Å². The summed E-state index contributed by atoms with van der Waals surface area (Å²) in [7, 11) is 0. The number of carbonyl (C=O) groups excluding carboxylic acids is 1. The molecule has 1 fully saturated rings. The van der Waals surface area contributed by atoms with Crippen LogP contribution in [0.15, 0.2) is 42.5 Å². The zero-order valence-electron chi connectivity index (χ0n) is 14.0. The normalized spacial score (nSPS) is 14.7. The highest BCUT2D eigenvalue weighted by molar-refractivity contribution is 5.78. The Balaban J connectivity index is 1.46. The van der Waals surface area contributed by atoms with E-state index in [4.69, 9.17) is 9.47 Å². The van der Waals surface area contributed by atoms with Crippen LogP contribution in [-0.4, -0.2) is 41.6 Å². The van der Waals surface area contributed by atoms with Crippen molar-refractivity contribution >= 4 is 5.91 Å². The van der Waals surface area contributed by atoms with E-state index in [-0.39, 0.29) is 37.6 Å². The summed E-state index contributed by atoms with van der Waals surface area (Å²) in [5, 5.41) is 0. The molecule has 1 aliphatic rings. The molecule has 2 heterocycles. The summed E-state index contributed by atoms with van der Waals surface area (Å²) in [6.45, 7) is 2.40. The van der Waals surface area contributed by atoms with Gasteiger partial charge in [0.25, 0.3) is 5.91 Å². The number of rotatable bonds is 5. The van der Waals surface area contributed by atoms with E-state index in [0.29, 0.717) is 5.75 Å². The van der Waals surface area contributed by atoms with E-state index in [1.807, 2.05) is 25.1 Å². The summed E-state index contributed by atoms with van der Waals surface area (Å²) in [6.07, 6.45) is -4.90. The number of aryl methyl sites for hydroxylation is 1. The highest BCUT2D eigenvalue weighted by atomic mass is 19.4. The molecule has 1 aromatic carbocycles. The van der Waals surface area contributed by atoms with Gasteiger partial charge in [-0.05, 0) is 30.7 Å². The fourth-order valence-corrected chi connectivity index (χ4v) is 2.47. The number of likely N-dealkylation sites (tertiary alicyclic amines) is 1. The van der Waals surface area contributed by atoms with Crippen molar-refractivity contribution in [1.29, 1.82) is 0 Å². The number of benzene rings is 1. The van der Waals surface area contributed by atoms with Crippen LogP contribution in [-0.2, 0) is 11.0 Å². The Kier molecular flexibility index (Phi) is 5.01. The van der Waals surface area contributed by atoms with Gasteiger partial charge in [-0.1, -0.05) is 18.2 Å². The van der Waals surface area contributed by atoms with Crippen LogP contribution in [0, 0.1) is 6.92 Å². The second kappa shape index (κ2) is 7.23. The van der Waals surface area contributed by atoms with Crippen LogP contribution in [0.5, 0.6) is 11.6 Å². The molecule has 0 spiro atoms. The van der Waals surface area contributed by atoms with Crippen LogP contribution in [0.25, 0.3) is 0 Å². The Bertz CT molecular complexity index is 789. The lowest BCUT2D eigenvalue weighted by Gasteiger charge is -2.38. The second-order valence-electron chi connectivity index (χ2n) is 6.00. The average molecular weight is 366 g/mol. The number of alkyl halides is 3. The standard InChI is InChI=1S/C18H17F3N2O3/c1-12-4-2-5-13(8-12)25-11-17(24)23-9-14(10-23)26-16-7-3-6-15(22-16)18(19,20)21/h2-8,14H,9-11H2,1H3. The Labute approximate surface area is 148 Å². The van der Waals surface area contributed by atoms with Gasteiger partial charge in [-0.2, -0.15) is 13.2 Å². The van der Waals surface area contributed by atoms with Crippen LogP contribution in [0.1, 0.15) is 11.3 Å². The maximum atomic E-state index is 12.6. The van der Waals surface area contributed by atoms with Gasteiger partial charge in [0, 0.05) is 6.07 Å². The van der Waals surface area contributed by atoms with E-state index in [2.05, 4.69) is 4.98 Å². The molecule has 5 nitrogen and oxygen atoms in total. The first-order chi connectivity index (χ1) is 12.3. The van der Waals surface area contributed by atoms with Crippen LogP contribution >= 0.6 is 0 Å². The summed E-state index contributed by atoms with van der Waals surface area (Å²) in [5.74, 6) is 0.302. The van der Waals surface area contributed by atoms with E-state index in [0.717, 1.165) is 11.6 Å². The fourth-order valence-electron chi connectivity index (χ4n) is 2.47. The molecule has 3 rings (SSSR count). The lowest BCUT2D eigenvalue weighted by atomic mass is 10.1. The molecule has 8 heteroatoms. The van der Waals surface area contributed by atoms with Crippen LogP contribution in [0.2, 0.25) is 0 Å². The predicted octanol–water partition coefficient (Wildman–Crippen LogP) is 3.08. The van der Waals surface area contributed by atoms with Crippen LogP contribution in [0.3, 0.4) is 0 Å². The molecule has 0 bridgehead atoms. The molecule has 0 aliphatic carbocycles. The lowest BCUT2D eigenvalue weighted by Crippen LogP contribution is -2.57. The Morgan fingerprint density at radius 1 is 1.23 bits per heavy atom. The minimum atomic E-state index is -4.52. The largest absolute Gasteiger partial charge is 0.484 e. The third kappa shape index (κ3) is 4.44. The molecular weight excluding hydrogens is 349 g/mol. The molecule has 1 saturated heterocycles. The van der Waals surface area contributed by atoms with Gasteiger partial charge in [0.1, 0.15) is 17.5 Å². The quantitative estimate of drug-likeness (QED) is 0.816. The maximum Gasteiger partial charge on any atom is 0.433 e. The van der Waals surface area contributed by atoms with Gasteiger partial charge >= 0.3 is 6.18 Å². The minimum absolute atomic E-state index is 0.0992. The smallest absolute Gasteiger partial charge is 0.433 e. The molecular formula is C18H17F3N2O3. The number of hydrogen-bond donors (Lipinski definition) is 0. The lowest BCUT2D eigenvalue weighted by molar-refractivity contribution is -0.143. The number of halogens is 3. The summed E-state index contributed by atoms with van der Waals surface area (Å²) >= 11 is 0. The topological polar surface area (TPSA) is 51.7 Å². The summed E-state index contributed by atoms with van der Waals surface area (Å²) in [5.41, 5.74) is 0.0229. The molecule has 0 saturated carbocycles. The molecule has 1 aromatic heterocycles. The molecule has 0 atom stereocenters. The van der Waals surface area contributed by atoms with Crippen molar-refractivity contribution in [2.75, 3.05) is 19.7 Å². The van der Waals surface area contributed by atoms with Gasteiger partial charge in [-0.25, -0.2) is 4.98 Å². The number of ether oxygens (including phenoxy) is 2. The number of hydrogen-bond acceptors (Lipinski definition) is 4. The Morgan fingerprint density at radius 2 is 1.96 bits per heavy atom. The number of amides is 1. The Morgan fingerprint density at radius 3 is 2.65 bits per heavy atom. The number of carbonyl (C=O) groups is 1. The molecule has 0 unspecified atom stereocenters. The molecule has 26 heavy (non-hydrogen) atoms. The zero-order chi connectivity index (χ0) is 18.7. The second-order valence-corrected chi connectivity index (χ2v) is 6.00. The third-order valence-corrected chi connectivity index (χ3v) is 3.85. The predicted molar refractivity (Wildman–Crippen MR) is 86.9 cm³/mol. The van der Waals surface area contributed by atoms with Gasteiger partial charge in [0.05, 0.1) is 13.1 Å². The van der Waals surface area contributed by atoms with Gasteiger partial charge in [-0.3, -0.25) is 4.79 Å². The molecule has 2 aromatic rings. The molecule has 1 amide bonds. The first-order valence-electron chi connectivity index (χ1n) is 7.99. The first-order valence-corrected chi connectivity index (χ1v) is 7.99. The highest BCUT2D eigenvalue weighted by Gasteiger charge is 2.35. The monoisotopic (exact) mass is 366 g/mol. The van der Waals surface area contributed by atoms with Gasteiger partial charge < -0.3 is 14.4 Å². The van der Waals surface area contributed by atoms with E-state index in [1.54, 1.807) is 6.07 Å². The fraction of sp³-hybridized carbons (Fsp3) is 0.333. The van der Waals surface area contributed by atoms with Crippen molar-refractivity contribution in [3.63, 3.8) is 0 Å². The minimum Gasteiger partial charge on any atom is -0.484 e. The van der Waals surface area contributed by atoms with Crippen LogP contribution in [0.4, 0.5) is 13.2 Å². The molecule has 0 radical (unpaired) electrons. The first kappa shape index (κ1) is 18.0. The summed E-state index contributed by atoms with van der Waals surface area (Å²) in [4.78, 5) is 17.0. The molecule has 1 aliphatic heterocycles. The zero-order valence-corrected chi connectivity index (χ0v) is 14.0. The van der Waals surface area contributed by atoms with Crippen molar-refractivity contribution in [3.05, 3.63) is 53.7 Å². The van der Waals surface area contributed by atoms with Crippen molar-refractivity contribution in [3.8, 4) is 11.6 Å². The molecule has 0 N–H and O–H groups in total. The van der Waals surface area contributed by atoms with E-state index >= 15 is 0 Å². The number of nitrogens with zero attached hydrogens (tertiary/aromatic N) is 2. The van der Waals surface area contributed by atoms with Gasteiger partial charge in [0.2, 0.25) is 5.88 Å². The molecule has 138 valence electrons. The Hall–Kier alpha value is -2.77. The third-order valence-electron chi connectivity index (χ3n) is 3.85. The number of pyridine rings is 1. The maximum absolute atomic E-state index is 12.6. The number of aromatic nitrogens is 1. The van der Waals surface area contributed by atoms with Crippen LogP contribution < -0.4 is 9.47 Å². The highest BCUT2D eigenvalue weighted by Crippen LogP contribution is 2.29. The van der Waals surface area contributed by atoms with Crippen molar-refractivity contribution in [2.45, 2.75) is 19.2 Å². The summed E-state index contributed by atoms with van der Waals surface area (Å²) in [6, 6.07) is 10.8. The summed E-state index contributed by atoms with van der Waals surface area (Å²) < 4.78 is 48.7.